The van der Waals surface area contributed by atoms with Crippen LogP contribution in [0.4, 0.5) is 10.1 Å². The molecule has 9 heteroatoms. The maximum Gasteiger partial charge on any atom is 0.273 e. The molecule has 188 valence electrons. The summed E-state index contributed by atoms with van der Waals surface area (Å²) in [6.07, 6.45) is 4.23. The number of hydrogen-bond donors (Lipinski definition) is 1. The van der Waals surface area contributed by atoms with Gasteiger partial charge >= 0.3 is 0 Å². The van der Waals surface area contributed by atoms with E-state index < -0.39 is 5.66 Å². The van der Waals surface area contributed by atoms with Crippen LogP contribution in [0, 0.1) is 11.7 Å². The molecule has 3 aromatic carbocycles. The summed E-state index contributed by atoms with van der Waals surface area (Å²) in [5.74, 6) is 0.137. The van der Waals surface area contributed by atoms with Crippen molar-refractivity contribution in [3.05, 3.63) is 103 Å². The fourth-order valence-electron chi connectivity index (χ4n) is 4.88. The number of carbonyl (C=O) groups excluding carboxylic acids is 2. The monoisotopic (exact) mass is 499 g/mol. The molecule has 2 atom stereocenters. The molecule has 1 aromatic heterocycles. The molecule has 4 aromatic rings. The van der Waals surface area contributed by atoms with Gasteiger partial charge in [-0.05, 0) is 66.4 Å². The van der Waals surface area contributed by atoms with Crippen molar-refractivity contribution in [3.8, 4) is 11.5 Å². The first-order valence-electron chi connectivity index (χ1n) is 12.0. The number of rotatable bonds is 7. The van der Waals surface area contributed by atoms with E-state index in [9.17, 15) is 14.0 Å². The van der Waals surface area contributed by atoms with Crippen LogP contribution in [0.15, 0.2) is 91.3 Å². The van der Waals surface area contributed by atoms with Crippen LogP contribution in [-0.2, 0) is 21.7 Å². The third-order valence-electron chi connectivity index (χ3n) is 6.53. The predicted octanol–water partition coefficient (Wildman–Crippen LogP) is 4.61. The van der Waals surface area contributed by atoms with Crippen LogP contribution in [-0.4, -0.2) is 38.3 Å². The zero-order chi connectivity index (χ0) is 25.8. The van der Waals surface area contributed by atoms with Gasteiger partial charge in [0.05, 0.1) is 6.20 Å². The zero-order valence-electron chi connectivity index (χ0n) is 20.3. The molecule has 8 nitrogen and oxygen atoms in total. The third kappa shape index (κ3) is 5.06. The second-order valence-electron chi connectivity index (χ2n) is 9.09. The molecule has 37 heavy (non-hydrogen) atoms. The van der Waals surface area contributed by atoms with Crippen LogP contribution < -0.4 is 10.1 Å². The number of hydrogen-bond acceptors (Lipinski definition) is 5. The Labute approximate surface area is 213 Å². The van der Waals surface area contributed by atoms with Crippen LogP contribution in [0.3, 0.4) is 0 Å². The number of ether oxygens (including phenoxy) is 1. The minimum absolute atomic E-state index is 0.0488. The lowest BCUT2D eigenvalue weighted by molar-refractivity contribution is -0.147. The van der Waals surface area contributed by atoms with Crippen molar-refractivity contribution in [3.63, 3.8) is 0 Å². The minimum Gasteiger partial charge on any atom is -0.457 e. The molecule has 1 saturated heterocycles. The summed E-state index contributed by atoms with van der Waals surface area (Å²) in [6.45, 7) is 1.88. The van der Waals surface area contributed by atoms with Gasteiger partial charge in [-0.15, -0.1) is 5.10 Å². The van der Waals surface area contributed by atoms with Gasteiger partial charge < -0.3 is 15.0 Å². The summed E-state index contributed by atoms with van der Waals surface area (Å²) in [4.78, 5) is 28.3. The second kappa shape index (κ2) is 10.2. The number of anilines is 1. The Balaban J connectivity index is 1.38. The Morgan fingerprint density at radius 2 is 1.70 bits per heavy atom. The largest absolute Gasteiger partial charge is 0.457 e. The van der Waals surface area contributed by atoms with Crippen molar-refractivity contribution >= 4 is 17.5 Å². The van der Waals surface area contributed by atoms with E-state index in [0.717, 1.165) is 12.0 Å². The number of carbonyl (C=O) groups is 2. The highest BCUT2D eigenvalue weighted by Crippen LogP contribution is 2.40. The van der Waals surface area contributed by atoms with E-state index in [1.54, 1.807) is 35.4 Å². The van der Waals surface area contributed by atoms with Crippen LogP contribution in [0.25, 0.3) is 0 Å². The second-order valence-corrected chi connectivity index (χ2v) is 9.09. The van der Waals surface area contributed by atoms with Gasteiger partial charge in [-0.2, -0.15) is 0 Å². The molecule has 2 heterocycles. The van der Waals surface area contributed by atoms with Crippen LogP contribution in [0.2, 0.25) is 0 Å². The number of likely N-dealkylation sites (tertiary alicyclic amines) is 1. The summed E-state index contributed by atoms with van der Waals surface area (Å²) in [5.41, 5.74) is 0.318. The summed E-state index contributed by atoms with van der Waals surface area (Å²) in [7, 11) is 0. The fourth-order valence-corrected chi connectivity index (χ4v) is 4.88. The molecule has 1 N–H and O–H groups in total. The molecule has 0 bridgehead atoms. The quantitative estimate of drug-likeness (QED) is 0.401. The van der Waals surface area contributed by atoms with E-state index in [-0.39, 0.29) is 23.5 Å². The summed E-state index contributed by atoms with van der Waals surface area (Å²) in [5, 5.41) is 11.0. The fraction of sp³-hybridized carbons (Fsp3) is 0.214. The van der Waals surface area contributed by atoms with Crippen molar-refractivity contribution < 1.29 is 18.7 Å². The lowest BCUT2D eigenvalue weighted by Gasteiger charge is -2.36. The molecular formula is C28H26FN5O3. The van der Waals surface area contributed by atoms with Gasteiger partial charge in [-0.25, -0.2) is 9.07 Å². The average molecular weight is 500 g/mol. The lowest BCUT2D eigenvalue weighted by atomic mass is 9.93. The number of benzene rings is 3. The highest BCUT2D eigenvalue weighted by molar-refractivity contribution is 5.99. The Morgan fingerprint density at radius 3 is 2.32 bits per heavy atom. The summed E-state index contributed by atoms with van der Waals surface area (Å²) < 4.78 is 20.4. The molecule has 2 unspecified atom stereocenters. The van der Waals surface area contributed by atoms with Crippen LogP contribution >= 0.6 is 0 Å². The smallest absolute Gasteiger partial charge is 0.273 e. The number of halogens is 1. The number of amides is 2. The third-order valence-corrected chi connectivity index (χ3v) is 6.53. The van der Waals surface area contributed by atoms with Gasteiger partial charge in [0.25, 0.3) is 5.91 Å². The van der Waals surface area contributed by atoms with Crippen LogP contribution in [0.1, 0.15) is 18.9 Å². The van der Waals surface area contributed by atoms with Gasteiger partial charge in [0.15, 0.2) is 0 Å². The maximum atomic E-state index is 13.9. The van der Waals surface area contributed by atoms with E-state index in [2.05, 4.69) is 15.6 Å². The first kappa shape index (κ1) is 24.2. The van der Waals surface area contributed by atoms with Gasteiger partial charge in [0, 0.05) is 31.8 Å². The highest BCUT2D eigenvalue weighted by Gasteiger charge is 2.54. The topological polar surface area (TPSA) is 89.4 Å². The Kier molecular flexibility index (Phi) is 6.68. The lowest BCUT2D eigenvalue weighted by Crippen LogP contribution is -2.56. The molecular weight excluding hydrogens is 473 g/mol. The standard InChI is InChI=1S/C28H26FN5O3/c1-20(35)33-19-22(17-21-5-3-2-4-6-21)18-28(33,34-16-15-30-32-34)27(36)31-24-9-13-26(14-10-24)37-25-11-7-23(29)8-12-25/h2-16,22H,17-19H2,1H3,(H,31,36). The first-order chi connectivity index (χ1) is 17.9. The van der Waals surface area contributed by atoms with Crippen molar-refractivity contribution in [2.45, 2.75) is 25.4 Å². The molecule has 1 aliphatic heterocycles. The van der Waals surface area contributed by atoms with E-state index in [0.29, 0.717) is 30.2 Å². The summed E-state index contributed by atoms with van der Waals surface area (Å²) >= 11 is 0. The van der Waals surface area contributed by atoms with Gasteiger partial charge in [-0.1, -0.05) is 35.5 Å². The minimum atomic E-state index is -1.36. The predicted molar refractivity (Wildman–Crippen MR) is 135 cm³/mol. The van der Waals surface area contributed by atoms with Gasteiger partial charge in [0.2, 0.25) is 11.6 Å². The number of aromatic nitrogens is 3. The van der Waals surface area contributed by atoms with E-state index in [1.807, 2.05) is 30.3 Å². The van der Waals surface area contributed by atoms with Crippen molar-refractivity contribution in [1.29, 1.82) is 0 Å². The van der Waals surface area contributed by atoms with E-state index in [4.69, 9.17) is 4.74 Å². The molecule has 0 aliphatic carbocycles. The highest BCUT2D eigenvalue weighted by atomic mass is 19.1. The number of nitrogens with zero attached hydrogens (tertiary/aromatic N) is 4. The van der Waals surface area contributed by atoms with Crippen molar-refractivity contribution in [2.75, 3.05) is 11.9 Å². The molecule has 0 radical (unpaired) electrons. The molecule has 1 aliphatic rings. The van der Waals surface area contributed by atoms with Crippen molar-refractivity contribution in [2.24, 2.45) is 5.92 Å². The maximum absolute atomic E-state index is 13.9. The Hall–Kier alpha value is -4.53. The van der Waals surface area contributed by atoms with E-state index >= 15 is 0 Å². The summed E-state index contributed by atoms with van der Waals surface area (Å²) in [6, 6.07) is 22.6. The molecule has 0 saturated carbocycles. The van der Waals surface area contributed by atoms with Gasteiger partial charge in [0.1, 0.15) is 17.3 Å². The van der Waals surface area contributed by atoms with Crippen molar-refractivity contribution in [1.82, 2.24) is 19.9 Å². The zero-order valence-corrected chi connectivity index (χ0v) is 20.3. The normalized spacial score (nSPS) is 19.0. The Morgan fingerprint density at radius 1 is 1.03 bits per heavy atom. The van der Waals surface area contributed by atoms with E-state index in [1.165, 1.54) is 42.1 Å². The molecule has 1 fully saturated rings. The first-order valence-corrected chi connectivity index (χ1v) is 12.0. The SMILES string of the molecule is CC(=O)N1CC(Cc2ccccc2)CC1(C(=O)Nc1ccc(Oc2ccc(F)cc2)cc1)n1ccnn1. The molecule has 2 amide bonds. The molecule has 5 rings (SSSR count). The van der Waals surface area contributed by atoms with Gasteiger partial charge in [-0.3, -0.25) is 9.59 Å². The average Bonchev–Trinajstić information content (AvgIpc) is 3.57. The van der Waals surface area contributed by atoms with Crippen LogP contribution in [0.5, 0.6) is 11.5 Å². The number of nitrogens with one attached hydrogen (secondary N) is 1. The molecule has 0 spiro atoms. The Bertz CT molecular complexity index is 1360.